The molecule has 0 N–H and O–H groups in total. The van der Waals surface area contributed by atoms with Crippen LogP contribution in [-0.2, 0) is 0 Å². The van der Waals surface area contributed by atoms with Crippen LogP contribution < -0.4 is 5.12 Å². The Hall–Kier alpha value is -1.24. The van der Waals surface area contributed by atoms with E-state index in [2.05, 4.69) is 0 Å². The molecule has 57 valence electrons. The largest absolute Gasteiger partial charge is 0.454 e. The molecule has 0 aliphatic rings. The minimum Gasteiger partial charge on any atom is -0.197 e. The smallest absolute Gasteiger partial charge is 0.197 e. The summed E-state index contributed by atoms with van der Waals surface area (Å²) in [5.41, 5.74) is 0. The van der Waals surface area contributed by atoms with Crippen LogP contribution in [0.5, 0.6) is 0 Å². The lowest BCUT2D eigenvalue weighted by molar-refractivity contribution is -0.843. The summed E-state index contributed by atoms with van der Waals surface area (Å²) in [4.78, 5) is 19.6. The molecule has 0 rings (SSSR count). The number of nitro groups is 2. The van der Waals surface area contributed by atoms with Gasteiger partial charge in [-0.1, -0.05) is 6.92 Å². The van der Waals surface area contributed by atoms with Crippen molar-refractivity contribution in [3.63, 3.8) is 0 Å². The van der Waals surface area contributed by atoms with Crippen LogP contribution in [0.2, 0.25) is 0 Å². The van der Waals surface area contributed by atoms with Crippen molar-refractivity contribution < 1.29 is 10.1 Å². The number of hydrazine groups is 2. The van der Waals surface area contributed by atoms with E-state index >= 15 is 0 Å². The molecule has 10 heavy (non-hydrogen) atoms. The van der Waals surface area contributed by atoms with Gasteiger partial charge < -0.3 is 0 Å². The lowest BCUT2D eigenvalue weighted by Gasteiger charge is -1.84. The highest BCUT2D eigenvalue weighted by molar-refractivity contribution is 4.31. The van der Waals surface area contributed by atoms with Crippen LogP contribution in [0.1, 0.15) is 13.3 Å². The average Bonchev–Trinajstić information content (AvgIpc) is 1.81. The Morgan fingerprint density at radius 2 is 1.60 bits per heavy atom. The zero-order valence-corrected chi connectivity index (χ0v) is 5.39. The fourth-order valence-electron chi connectivity index (χ4n) is 0.423. The van der Waals surface area contributed by atoms with Crippen molar-refractivity contribution in [3.8, 4) is 0 Å². The molecule has 0 spiro atoms. The summed E-state index contributed by atoms with van der Waals surface area (Å²) in [6, 6.07) is 0. The third-order valence-corrected chi connectivity index (χ3v) is 0.801. The number of hydrogen-bond acceptors (Lipinski definition) is 4. The van der Waals surface area contributed by atoms with Crippen molar-refractivity contribution in [2.75, 3.05) is 6.54 Å². The molecule has 0 aromatic carbocycles. The van der Waals surface area contributed by atoms with Gasteiger partial charge in [0.2, 0.25) is 0 Å². The molecule has 0 saturated carbocycles. The summed E-state index contributed by atoms with van der Waals surface area (Å²) in [7, 11) is 0. The summed E-state index contributed by atoms with van der Waals surface area (Å²) < 4.78 is 0. The molecule has 0 aromatic rings. The third kappa shape index (κ3) is 2.35. The number of nitrogens with zero attached hydrogens (tertiary/aromatic N) is 3. The van der Waals surface area contributed by atoms with E-state index in [1.165, 1.54) is 0 Å². The standard InChI is InChI=1S/C3H7N3O4/c1-2-3-4(5(7)8)6(9)10/h2-3H2,1H3/q+1. The van der Waals surface area contributed by atoms with Crippen molar-refractivity contribution >= 4 is 0 Å². The summed E-state index contributed by atoms with van der Waals surface area (Å²) in [6.07, 6.45) is 0.377. The van der Waals surface area contributed by atoms with Gasteiger partial charge in [0.15, 0.2) is 0 Å². The first-order chi connectivity index (χ1) is 4.59. The number of hydrogen-bond donors (Lipinski definition) is 0. The molecule has 0 aliphatic heterocycles. The molecular weight excluding hydrogens is 142 g/mol. The van der Waals surface area contributed by atoms with Crippen molar-refractivity contribution in [2.45, 2.75) is 13.3 Å². The minimum absolute atomic E-state index is 0.0417. The quantitative estimate of drug-likeness (QED) is 0.317. The first-order valence-corrected chi connectivity index (χ1v) is 2.65. The zero-order valence-electron chi connectivity index (χ0n) is 5.39. The lowest BCUT2D eigenvalue weighted by atomic mass is 10.5. The zero-order chi connectivity index (χ0) is 8.15. The first kappa shape index (κ1) is 8.76. The van der Waals surface area contributed by atoms with E-state index in [1.807, 2.05) is 0 Å². The molecule has 7 nitrogen and oxygen atoms in total. The Morgan fingerprint density at radius 3 is 1.70 bits per heavy atom. The molecule has 0 aromatic heterocycles. The van der Waals surface area contributed by atoms with Crippen LogP contribution >= 0.6 is 0 Å². The van der Waals surface area contributed by atoms with Crippen LogP contribution in [0, 0.1) is 20.2 Å². The van der Waals surface area contributed by atoms with E-state index in [-0.39, 0.29) is 11.7 Å². The van der Waals surface area contributed by atoms with E-state index < -0.39 is 10.1 Å². The Bertz CT molecular complexity index is 133. The van der Waals surface area contributed by atoms with Crippen LogP contribution in [0.25, 0.3) is 0 Å². The minimum atomic E-state index is -1.04. The van der Waals surface area contributed by atoms with E-state index in [1.54, 1.807) is 6.92 Å². The van der Waals surface area contributed by atoms with Gasteiger partial charge in [-0.3, -0.25) is 0 Å². The van der Waals surface area contributed by atoms with Gasteiger partial charge in [0.05, 0.1) is 0 Å². The van der Waals surface area contributed by atoms with Crippen molar-refractivity contribution in [2.24, 2.45) is 0 Å². The topological polar surface area (TPSA) is 92.2 Å². The maximum Gasteiger partial charge on any atom is 0.454 e. The summed E-state index contributed by atoms with van der Waals surface area (Å²) in [6.45, 7) is 1.46. The van der Waals surface area contributed by atoms with Crippen molar-refractivity contribution in [1.29, 1.82) is 0 Å². The van der Waals surface area contributed by atoms with E-state index in [0.717, 1.165) is 0 Å². The molecule has 0 bridgehead atoms. The molecule has 0 unspecified atom stereocenters. The molecular formula is C3H7N3O4+. The Morgan fingerprint density at radius 1 is 1.20 bits per heavy atom. The second-order valence-corrected chi connectivity index (χ2v) is 1.57. The second-order valence-electron chi connectivity index (χ2n) is 1.57. The van der Waals surface area contributed by atoms with Gasteiger partial charge in [-0.2, -0.15) is 20.2 Å². The first-order valence-electron chi connectivity index (χ1n) is 2.65. The van der Waals surface area contributed by atoms with Gasteiger partial charge in [0.25, 0.3) is 6.54 Å². The highest BCUT2D eigenvalue weighted by Gasteiger charge is 2.42. The molecule has 0 fully saturated rings. The highest BCUT2D eigenvalue weighted by atomic mass is 16.8. The third-order valence-electron chi connectivity index (χ3n) is 0.801. The second kappa shape index (κ2) is 3.72. The van der Waals surface area contributed by atoms with E-state index in [4.69, 9.17) is 0 Å². The van der Waals surface area contributed by atoms with Gasteiger partial charge in [0, 0.05) is 6.42 Å². The predicted octanol–water partition coefficient (Wildman–Crippen LogP) is -0.0801. The Labute approximate surface area is 56.5 Å². The molecule has 0 aliphatic carbocycles. The van der Waals surface area contributed by atoms with Crippen LogP contribution in [-0.4, -0.2) is 16.6 Å². The van der Waals surface area contributed by atoms with E-state index in [0.29, 0.717) is 6.42 Å². The van der Waals surface area contributed by atoms with Gasteiger partial charge in [-0.15, -0.1) is 0 Å². The van der Waals surface area contributed by atoms with Crippen LogP contribution in [0.3, 0.4) is 0 Å². The molecule has 0 heterocycles. The van der Waals surface area contributed by atoms with Crippen LogP contribution in [0.15, 0.2) is 0 Å². The fourth-order valence-corrected chi connectivity index (χ4v) is 0.423. The number of rotatable bonds is 4. The lowest BCUT2D eigenvalue weighted by Crippen LogP contribution is -2.42. The van der Waals surface area contributed by atoms with Crippen molar-refractivity contribution in [1.82, 2.24) is 5.12 Å². The van der Waals surface area contributed by atoms with Crippen molar-refractivity contribution in [3.05, 3.63) is 20.2 Å². The van der Waals surface area contributed by atoms with Gasteiger partial charge in [-0.05, 0) is 0 Å². The van der Waals surface area contributed by atoms with Gasteiger partial charge in [0.1, 0.15) is 0 Å². The SMILES string of the molecule is CCC[N+]([N+](=O)[O-])[N+](=O)[O-]. The van der Waals surface area contributed by atoms with Gasteiger partial charge >= 0.3 is 15.2 Å². The summed E-state index contributed by atoms with van der Waals surface area (Å²) in [5, 5.41) is 17.5. The maximum atomic E-state index is 9.82. The fraction of sp³-hybridized carbons (Fsp3) is 1.00. The average molecular weight is 149 g/mol. The Balaban J connectivity index is 3.98. The molecule has 0 atom stereocenters. The van der Waals surface area contributed by atoms with E-state index in [9.17, 15) is 20.2 Å². The molecule has 0 saturated heterocycles. The highest BCUT2D eigenvalue weighted by Crippen LogP contribution is 1.85. The molecule has 0 amide bonds. The molecule has 1 radical (unpaired) electrons. The monoisotopic (exact) mass is 149 g/mol. The summed E-state index contributed by atoms with van der Waals surface area (Å²) in [5.74, 6) is 0. The normalized spacial score (nSPS) is 9.80. The predicted molar refractivity (Wildman–Crippen MR) is 31.3 cm³/mol. The van der Waals surface area contributed by atoms with Crippen LogP contribution in [0.4, 0.5) is 0 Å². The maximum absolute atomic E-state index is 9.82. The molecule has 7 heteroatoms. The summed E-state index contributed by atoms with van der Waals surface area (Å²) >= 11 is 0. The van der Waals surface area contributed by atoms with Gasteiger partial charge in [-0.25, -0.2) is 0 Å². The Kier molecular flexibility index (Phi) is 3.26.